The molecule has 0 saturated carbocycles. The first-order valence-electron chi connectivity index (χ1n) is 17.5. The number of nitrogens with zero attached hydrogens (tertiary/aromatic N) is 3. The van der Waals surface area contributed by atoms with Crippen LogP contribution in [0.3, 0.4) is 0 Å². The van der Waals surface area contributed by atoms with Crippen molar-refractivity contribution in [2.24, 2.45) is 0 Å². The van der Waals surface area contributed by atoms with Crippen molar-refractivity contribution in [3.8, 4) is 33.8 Å². The maximum Gasteiger partial charge on any atom is 0.123 e. The summed E-state index contributed by atoms with van der Waals surface area (Å²) in [6.07, 6.45) is 1.98. The number of benzene rings is 5. The molecule has 0 spiro atoms. The Morgan fingerprint density at radius 3 is 2.35 bits per heavy atom. The van der Waals surface area contributed by atoms with Gasteiger partial charge in [-0.3, -0.25) is 4.98 Å². The van der Waals surface area contributed by atoms with E-state index in [1.807, 2.05) is 86.8 Å². The summed E-state index contributed by atoms with van der Waals surface area (Å²) in [4.78, 5) is 9.52. The van der Waals surface area contributed by atoms with E-state index >= 15 is 0 Å². The van der Waals surface area contributed by atoms with Gasteiger partial charge >= 0.3 is 0 Å². The topological polar surface area (TPSA) is 43.9 Å². The number of aromatic nitrogens is 3. The monoisotopic (exact) mass is 867 g/mol. The molecule has 8 aromatic rings. The van der Waals surface area contributed by atoms with Crippen LogP contribution < -0.4 is 5.19 Å². The molecule has 0 unspecified atom stereocenters. The van der Waals surface area contributed by atoms with Gasteiger partial charge < -0.3 is 14.0 Å². The quantitative estimate of drug-likeness (QED) is 0.124. The van der Waals surface area contributed by atoms with Crippen molar-refractivity contribution in [3.05, 3.63) is 139 Å². The molecule has 1 radical (unpaired) electrons. The van der Waals surface area contributed by atoms with Gasteiger partial charge in [0.1, 0.15) is 11.4 Å². The van der Waals surface area contributed by atoms with Gasteiger partial charge in [-0.05, 0) is 59.4 Å². The summed E-state index contributed by atoms with van der Waals surface area (Å²) < 4.78 is 30.5. The van der Waals surface area contributed by atoms with Crippen LogP contribution in [0.2, 0.25) is 19.6 Å². The van der Waals surface area contributed by atoms with Crippen molar-refractivity contribution in [2.45, 2.75) is 52.9 Å². The maximum absolute atomic E-state index is 13.5. The minimum absolute atomic E-state index is 0. The Morgan fingerprint density at radius 1 is 0.922 bits per heavy atom. The van der Waals surface area contributed by atoms with Gasteiger partial charge in [0, 0.05) is 39.6 Å². The summed E-state index contributed by atoms with van der Waals surface area (Å²) in [5, 5.41) is 3.29. The Morgan fingerprint density at radius 2 is 1.65 bits per heavy atom. The molecule has 0 amide bonds. The molecule has 5 aromatic carbocycles. The van der Waals surface area contributed by atoms with Gasteiger partial charge in [-0.15, -0.1) is 48.0 Å². The summed E-state index contributed by atoms with van der Waals surface area (Å²) in [5.41, 5.74) is 9.28. The van der Waals surface area contributed by atoms with E-state index in [1.54, 1.807) is 12.1 Å². The van der Waals surface area contributed by atoms with Gasteiger partial charge in [0.2, 0.25) is 0 Å². The molecule has 0 aliphatic carbocycles. The van der Waals surface area contributed by atoms with Gasteiger partial charge in [-0.25, -0.2) is 4.39 Å². The third kappa shape index (κ3) is 7.12. The minimum atomic E-state index is -1.50. The molecule has 0 aliphatic rings. The van der Waals surface area contributed by atoms with Crippen LogP contribution in [0, 0.1) is 17.9 Å². The first kappa shape index (κ1) is 34.8. The Labute approximate surface area is 315 Å². The van der Waals surface area contributed by atoms with Crippen molar-refractivity contribution >= 4 is 46.2 Å². The molecule has 4 nitrogen and oxygen atoms in total. The van der Waals surface area contributed by atoms with Crippen LogP contribution in [-0.2, 0) is 26.7 Å². The molecular formula is C44H40FIrN3OSi-2. The number of pyridine rings is 1. The number of imidazole rings is 1. The Kier molecular flexibility index (Phi) is 10.1. The number of hydrogen-bond acceptors (Lipinski definition) is 3. The normalized spacial score (nSPS) is 12.0. The van der Waals surface area contributed by atoms with Crippen molar-refractivity contribution in [1.82, 2.24) is 14.5 Å². The van der Waals surface area contributed by atoms with Crippen molar-refractivity contribution < 1.29 is 30.3 Å². The summed E-state index contributed by atoms with van der Waals surface area (Å²) >= 11 is 0. The molecule has 3 heterocycles. The van der Waals surface area contributed by atoms with Gasteiger partial charge in [-0.2, -0.15) is 0 Å². The molecule has 51 heavy (non-hydrogen) atoms. The van der Waals surface area contributed by atoms with E-state index in [-0.39, 0.29) is 25.9 Å². The van der Waals surface area contributed by atoms with E-state index in [0.29, 0.717) is 0 Å². The van der Waals surface area contributed by atoms with E-state index in [0.717, 1.165) is 78.9 Å². The molecule has 0 N–H and O–H groups in total. The molecule has 8 rings (SSSR count). The number of halogens is 1. The standard InChI is InChI=1S/C27H18FN2O.C17H22NSi.Ir/c1-2-30-23-9-5-4-8-22(23)29-27(30)21-16-15-19(17-11-13-18(28)14-12-17)25-20-7-3-6-10-24(20)31-26(21)25;1-13(2)15-11-16(14-9-7-6-8-10-14)18-12-17(15)19(3,4)5;/h3-15H,2H2,1H3;6-9,11-13H,1-5H3;/q2*-1;/i;13D;. The zero-order chi connectivity index (χ0) is 35.9. The van der Waals surface area contributed by atoms with E-state index in [1.165, 1.54) is 17.3 Å². The Bertz CT molecular complexity index is 2500. The second-order valence-corrected chi connectivity index (χ2v) is 18.7. The van der Waals surface area contributed by atoms with Gasteiger partial charge in [0.15, 0.2) is 0 Å². The largest absolute Gasteiger partial charge is 0.501 e. The van der Waals surface area contributed by atoms with Crippen LogP contribution in [0.15, 0.2) is 120 Å². The smallest absolute Gasteiger partial charge is 0.123 e. The van der Waals surface area contributed by atoms with Crippen molar-refractivity contribution in [3.63, 3.8) is 0 Å². The average molecular weight is 867 g/mol. The molecular weight excluding hydrogens is 826 g/mol. The molecule has 3 aromatic heterocycles. The minimum Gasteiger partial charge on any atom is -0.501 e. The number of para-hydroxylation sites is 3. The van der Waals surface area contributed by atoms with Crippen LogP contribution in [0.1, 0.15) is 33.6 Å². The van der Waals surface area contributed by atoms with Crippen LogP contribution >= 0.6 is 0 Å². The zero-order valence-corrected chi connectivity index (χ0v) is 33.0. The third-order valence-corrected chi connectivity index (χ3v) is 11.1. The van der Waals surface area contributed by atoms with E-state index in [2.05, 4.69) is 66.4 Å². The van der Waals surface area contributed by atoms with Crippen LogP contribution in [0.4, 0.5) is 4.39 Å². The molecule has 7 heteroatoms. The predicted molar refractivity (Wildman–Crippen MR) is 208 cm³/mol. The fourth-order valence-corrected chi connectivity index (χ4v) is 8.13. The zero-order valence-electron chi connectivity index (χ0n) is 30.6. The summed E-state index contributed by atoms with van der Waals surface area (Å²) in [6.45, 7) is 13.7. The first-order chi connectivity index (χ1) is 24.4. The average Bonchev–Trinajstić information content (AvgIpc) is 3.70. The maximum atomic E-state index is 13.5. The Balaban J connectivity index is 0.000000193. The van der Waals surface area contributed by atoms with Crippen molar-refractivity contribution in [1.29, 1.82) is 0 Å². The molecule has 0 bridgehead atoms. The summed E-state index contributed by atoms with van der Waals surface area (Å²) in [5.74, 6) is -0.0325. The predicted octanol–water partition coefficient (Wildman–Crippen LogP) is 11.4. The number of fused-ring (bicyclic) bond motifs is 4. The number of furan rings is 1. The fraction of sp³-hybridized carbons (Fsp3) is 0.182. The summed E-state index contributed by atoms with van der Waals surface area (Å²) in [6, 6.07) is 41.2. The second kappa shape index (κ2) is 14.9. The van der Waals surface area contributed by atoms with Crippen molar-refractivity contribution in [2.75, 3.05) is 0 Å². The number of rotatable bonds is 6. The SMILES string of the molecule is CCn1c(-c2[c-]cc(-c3ccc(F)cc3)c3c2oc2ccccc23)nc2ccccc21.[2H]C(C)(C)c1cc(-c2[c-]cccc2)ncc1[Si](C)(C)C.[Ir]. The van der Waals surface area contributed by atoms with Crippen LogP contribution in [-0.4, -0.2) is 22.6 Å². The summed E-state index contributed by atoms with van der Waals surface area (Å²) in [7, 11) is -1.50. The van der Waals surface area contributed by atoms with E-state index in [9.17, 15) is 4.39 Å². The second-order valence-electron chi connectivity index (χ2n) is 13.7. The van der Waals surface area contributed by atoms with E-state index in [4.69, 9.17) is 10.8 Å². The molecule has 0 fully saturated rings. The third-order valence-electron chi connectivity index (χ3n) is 9.04. The van der Waals surface area contributed by atoms with Crippen LogP contribution in [0.25, 0.3) is 66.7 Å². The molecule has 0 atom stereocenters. The Hall–Kier alpha value is -4.68. The van der Waals surface area contributed by atoms with Gasteiger partial charge in [0.25, 0.3) is 0 Å². The van der Waals surface area contributed by atoms with Gasteiger partial charge in [-0.1, -0.05) is 104 Å². The molecule has 0 saturated heterocycles. The van der Waals surface area contributed by atoms with E-state index < -0.39 is 14.0 Å². The van der Waals surface area contributed by atoms with Gasteiger partial charge in [0.05, 0.1) is 30.5 Å². The number of hydrogen-bond donors (Lipinski definition) is 0. The number of aryl methyl sites for hydroxylation is 1. The molecule has 0 aliphatic heterocycles. The molecule has 259 valence electrons. The fourth-order valence-electron chi connectivity index (χ4n) is 6.55. The van der Waals surface area contributed by atoms with Crippen LogP contribution in [0.5, 0.6) is 0 Å². The first-order valence-corrected chi connectivity index (χ1v) is 20.5.